The summed E-state index contributed by atoms with van der Waals surface area (Å²) in [5.41, 5.74) is 0.197. The van der Waals surface area contributed by atoms with Gasteiger partial charge in [0.1, 0.15) is 29.2 Å². The Bertz CT molecular complexity index is 1100. The van der Waals surface area contributed by atoms with E-state index in [1.165, 1.54) is 23.1 Å². The summed E-state index contributed by atoms with van der Waals surface area (Å²) in [6.07, 6.45) is 1.49. The molecule has 0 aromatic heterocycles. The van der Waals surface area contributed by atoms with Crippen LogP contribution in [-0.4, -0.2) is 57.3 Å². The SMILES string of the molecule is CCCCNC(=O)C(c1ccccc1O)N(C(=O)C(Cc1ccc(O)cc1)NC(=O)OC(C)(C)C)C(C)CC. The molecule has 2 aromatic rings. The summed E-state index contributed by atoms with van der Waals surface area (Å²) in [7, 11) is 0. The first-order valence-electron chi connectivity index (χ1n) is 13.5. The van der Waals surface area contributed by atoms with Crippen molar-refractivity contribution in [3.8, 4) is 11.5 Å². The van der Waals surface area contributed by atoms with Crippen molar-refractivity contribution in [2.45, 2.75) is 91.0 Å². The van der Waals surface area contributed by atoms with E-state index in [1.807, 2.05) is 20.8 Å². The zero-order valence-corrected chi connectivity index (χ0v) is 23.9. The Balaban J connectivity index is 2.57. The van der Waals surface area contributed by atoms with E-state index in [9.17, 15) is 24.6 Å². The highest BCUT2D eigenvalue weighted by molar-refractivity contribution is 5.93. The second-order valence-electron chi connectivity index (χ2n) is 10.7. The van der Waals surface area contributed by atoms with E-state index in [2.05, 4.69) is 10.6 Å². The smallest absolute Gasteiger partial charge is 0.408 e. The molecule has 3 atom stereocenters. The molecule has 2 aromatic carbocycles. The molecule has 9 nitrogen and oxygen atoms in total. The fraction of sp³-hybridized carbons (Fsp3) is 0.500. The van der Waals surface area contributed by atoms with Crippen LogP contribution in [0.5, 0.6) is 11.5 Å². The Morgan fingerprint density at radius 3 is 2.21 bits per heavy atom. The molecule has 9 heteroatoms. The highest BCUT2D eigenvalue weighted by Crippen LogP contribution is 2.32. The average molecular weight is 542 g/mol. The van der Waals surface area contributed by atoms with Gasteiger partial charge in [-0.2, -0.15) is 0 Å². The summed E-state index contributed by atoms with van der Waals surface area (Å²) >= 11 is 0. The molecule has 0 heterocycles. The van der Waals surface area contributed by atoms with Crippen molar-refractivity contribution in [3.05, 3.63) is 59.7 Å². The zero-order chi connectivity index (χ0) is 29.2. The molecular formula is C30H43N3O6. The summed E-state index contributed by atoms with van der Waals surface area (Å²) in [6, 6.07) is 10.2. The maximum absolute atomic E-state index is 14.3. The Hall–Kier alpha value is -3.75. The van der Waals surface area contributed by atoms with Gasteiger partial charge in [-0.25, -0.2) is 4.79 Å². The second-order valence-corrected chi connectivity index (χ2v) is 10.7. The van der Waals surface area contributed by atoms with Crippen LogP contribution >= 0.6 is 0 Å². The molecule has 0 saturated heterocycles. The molecule has 0 saturated carbocycles. The van der Waals surface area contributed by atoms with Gasteiger partial charge in [-0.1, -0.05) is 50.6 Å². The molecule has 214 valence electrons. The fourth-order valence-electron chi connectivity index (χ4n) is 4.11. The number of carbonyl (C=O) groups is 3. The lowest BCUT2D eigenvalue weighted by atomic mass is 9.97. The van der Waals surface area contributed by atoms with Crippen molar-refractivity contribution in [2.24, 2.45) is 0 Å². The predicted octanol–water partition coefficient (Wildman–Crippen LogP) is 4.82. The lowest BCUT2D eigenvalue weighted by molar-refractivity contribution is -0.145. The van der Waals surface area contributed by atoms with Crippen molar-refractivity contribution in [3.63, 3.8) is 0 Å². The summed E-state index contributed by atoms with van der Waals surface area (Å²) in [4.78, 5) is 42.2. The van der Waals surface area contributed by atoms with Crippen molar-refractivity contribution in [2.75, 3.05) is 6.54 Å². The number of para-hydroxylation sites is 1. The maximum Gasteiger partial charge on any atom is 0.408 e. The van der Waals surface area contributed by atoms with E-state index in [0.717, 1.165) is 12.8 Å². The van der Waals surface area contributed by atoms with E-state index in [4.69, 9.17) is 4.74 Å². The van der Waals surface area contributed by atoms with Crippen LogP contribution in [0.3, 0.4) is 0 Å². The van der Waals surface area contributed by atoms with Gasteiger partial charge >= 0.3 is 6.09 Å². The second kappa shape index (κ2) is 14.4. The molecule has 0 radical (unpaired) electrons. The number of nitrogens with zero attached hydrogens (tertiary/aromatic N) is 1. The quantitative estimate of drug-likeness (QED) is 0.285. The van der Waals surface area contributed by atoms with E-state index >= 15 is 0 Å². The molecule has 0 aliphatic carbocycles. The number of phenolic OH excluding ortho intramolecular Hbond substituents is 2. The largest absolute Gasteiger partial charge is 0.508 e. The topological polar surface area (TPSA) is 128 Å². The molecule has 2 rings (SSSR count). The highest BCUT2D eigenvalue weighted by atomic mass is 16.6. The van der Waals surface area contributed by atoms with Gasteiger partial charge in [0, 0.05) is 24.6 Å². The first-order chi connectivity index (χ1) is 18.4. The number of aromatic hydroxyl groups is 2. The van der Waals surface area contributed by atoms with Gasteiger partial charge in [-0.05, 0) is 64.3 Å². The molecule has 3 unspecified atom stereocenters. The molecule has 0 spiro atoms. The summed E-state index contributed by atoms with van der Waals surface area (Å²) < 4.78 is 5.44. The summed E-state index contributed by atoms with van der Waals surface area (Å²) in [5.74, 6) is -0.947. The van der Waals surface area contributed by atoms with Gasteiger partial charge in [0.15, 0.2) is 0 Å². The first kappa shape index (κ1) is 31.5. The van der Waals surface area contributed by atoms with Gasteiger partial charge in [0.25, 0.3) is 0 Å². The molecule has 4 N–H and O–H groups in total. The Morgan fingerprint density at radius 1 is 1.00 bits per heavy atom. The van der Waals surface area contributed by atoms with Crippen molar-refractivity contribution < 1.29 is 29.3 Å². The third kappa shape index (κ3) is 9.50. The van der Waals surface area contributed by atoms with Crippen LogP contribution < -0.4 is 10.6 Å². The predicted molar refractivity (Wildman–Crippen MR) is 150 cm³/mol. The molecule has 0 fully saturated rings. The molecule has 0 bridgehead atoms. The minimum atomic E-state index is -1.13. The van der Waals surface area contributed by atoms with Gasteiger partial charge in [-0.3, -0.25) is 9.59 Å². The number of amides is 3. The average Bonchev–Trinajstić information content (AvgIpc) is 2.87. The maximum atomic E-state index is 14.3. The Labute approximate surface area is 231 Å². The van der Waals surface area contributed by atoms with Crippen molar-refractivity contribution in [1.29, 1.82) is 0 Å². The highest BCUT2D eigenvalue weighted by Gasteiger charge is 2.39. The number of hydrogen-bond acceptors (Lipinski definition) is 6. The number of rotatable bonds is 12. The van der Waals surface area contributed by atoms with E-state index in [-0.39, 0.29) is 17.9 Å². The van der Waals surface area contributed by atoms with Crippen molar-refractivity contribution >= 4 is 17.9 Å². The normalized spacial score (nSPS) is 13.6. The number of phenols is 2. The molecule has 3 amide bonds. The Morgan fingerprint density at radius 2 is 1.64 bits per heavy atom. The van der Waals surface area contributed by atoms with Crippen molar-refractivity contribution in [1.82, 2.24) is 15.5 Å². The van der Waals surface area contributed by atoms with Crippen LogP contribution in [0.2, 0.25) is 0 Å². The van der Waals surface area contributed by atoms with E-state index < -0.39 is 41.6 Å². The van der Waals surface area contributed by atoms with Crippen LogP contribution in [0.1, 0.15) is 78.0 Å². The van der Waals surface area contributed by atoms with Gasteiger partial charge in [-0.15, -0.1) is 0 Å². The molecular weight excluding hydrogens is 498 g/mol. The number of unbranched alkanes of at least 4 members (excludes halogenated alkanes) is 1. The minimum Gasteiger partial charge on any atom is -0.508 e. The lowest BCUT2D eigenvalue weighted by Gasteiger charge is -2.38. The minimum absolute atomic E-state index is 0.0753. The summed E-state index contributed by atoms with van der Waals surface area (Å²) in [6.45, 7) is 11.3. The third-order valence-corrected chi connectivity index (χ3v) is 6.27. The van der Waals surface area contributed by atoms with Crippen LogP contribution in [0.15, 0.2) is 48.5 Å². The molecule has 0 aliphatic rings. The van der Waals surface area contributed by atoms with E-state index in [1.54, 1.807) is 51.1 Å². The fourth-order valence-corrected chi connectivity index (χ4v) is 4.11. The monoisotopic (exact) mass is 541 g/mol. The van der Waals surface area contributed by atoms with Gasteiger partial charge in [0.05, 0.1) is 0 Å². The van der Waals surface area contributed by atoms with E-state index in [0.29, 0.717) is 24.1 Å². The number of ether oxygens (including phenoxy) is 1. The molecule has 39 heavy (non-hydrogen) atoms. The van der Waals surface area contributed by atoms with Crippen LogP contribution in [0.4, 0.5) is 4.79 Å². The number of hydrogen-bond donors (Lipinski definition) is 4. The van der Waals surface area contributed by atoms with Gasteiger partial charge < -0.3 is 30.5 Å². The van der Waals surface area contributed by atoms with Crippen LogP contribution in [0, 0.1) is 0 Å². The number of benzene rings is 2. The van der Waals surface area contributed by atoms with Crippen LogP contribution in [0.25, 0.3) is 0 Å². The summed E-state index contributed by atoms with van der Waals surface area (Å²) in [5, 5.41) is 26.0. The standard InChI is InChI=1S/C30H43N3O6/c1-7-9-18-31-27(36)26(23-12-10-11-13-25(23)35)33(20(3)8-2)28(37)24(32-29(38)39-30(4,5)6)19-21-14-16-22(34)17-15-21/h10-17,20,24,26,34-35H,7-9,18-19H2,1-6H3,(H,31,36)(H,32,38). The first-order valence-corrected chi connectivity index (χ1v) is 13.5. The zero-order valence-electron chi connectivity index (χ0n) is 23.9. The van der Waals surface area contributed by atoms with Gasteiger partial charge in [0.2, 0.25) is 11.8 Å². The Kier molecular flexibility index (Phi) is 11.6. The number of nitrogens with one attached hydrogen (secondary N) is 2. The number of carbonyl (C=O) groups excluding carboxylic acids is 3. The lowest BCUT2D eigenvalue weighted by Crippen LogP contribution is -2.56. The van der Waals surface area contributed by atoms with Crippen LogP contribution in [-0.2, 0) is 20.7 Å². The number of alkyl carbamates (subject to hydrolysis) is 1. The third-order valence-electron chi connectivity index (χ3n) is 6.27. The molecule has 0 aliphatic heterocycles.